The van der Waals surface area contributed by atoms with Gasteiger partial charge in [-0.2, -0.15) is 19.4 Å². The van der Waals surface area contributed by atoms with Gasteiger partial charge in [-0.3, -0.25) is 0 Å². The second kappa shape index (κ2) is 10.1. The zero-order valence-electron chi connectivity index (χ0n) is 9.69. The third-order valence-electron chi connectivity index (χ3n) is 1.66. The van der Waals surface area contributed by atoms with Crippen LogP contribution in [0.4, 0.5) is 9.59 Å². The van der Waals surface area contributed by atoms with E-state index in [0.29, 0.717) is 0 Å². The third kappa shape index (κ3) is 9.11. The lowest BCUT2D eigenvalue weighted by Crippen LogP contribution is -2.14. The minimum Gasteiger partial charge on any atom is -0.432 e. The van der Waals surface area contributed by atoms with Crippen LogP contribution < -0.4 is 0 Å². The van der Waals surface area contributed by atoms with Crippen molar-refractivity contribution in [2.45, 2.75) is 39.5 Å². The summed E-state index contributed by atoms with van der Waals surface area (Å²) in [5.41, 5.74) is 0. The highest BCUT2D eigenvalue weighted by Gasteiger charge is 2.10. The number of carbonyl (C=O) groups excluding carboxylic acids is 2. The predicted octanol–water partition coefficient (Wildman–Crippen LogP) is 2.81. The Hall–Kier alpha value is -1.46. The van der Waals surface area contributed by atoms with Crippen LogP contribution in [0.5, 0.6) is 0 Å². The number of rotatable bonds is 6. The van der Waals surface area contributed by atoms with Crippen LogP contribution in [0.3, 0.4) is 0 Å². The molecule has 0 fully saturated rings. The van der Waals surface area contributed by atoms with Gasteiger partial charge >= 0.3 is 12.3 Å². The largest absolute Gasteiger partial charge is 0.549 e. The van der Waals surface area contributed by atoms with Gasteiger partial charge in [-0.05, 0) is 13.3 Å². The smallest absolute Gasteiger partial charge is 0.432 e. The molecule has 0 heterocycles. The summed E-state index contributed by atoms with van der Waals surface area (Å²) in [5, 5.41) is 0. The van der Waals surface area contributed by atoms with Crippen LogP contribution in [0, 0.1) is 0 Å². The third-order valence-corrected chi connectivity index (χ3v) is 1.66. The number of carbonyl (C=O) groups is 2. The van der Waals surface area contributed by atoms with Crippen molar-refractivity contribution >= 4 is 12.3 Å². The molecular formula is C10H18O6. The first-order valence-electron chi connectivity index (χ1n) is 5.38. The van der Waals surface area contributed by atoms with E-state index in [1.54, 1.807) is 6.92 Å². The molecule has 0 spiro atoms. The maximum absolute atomic E-state index is 10.8. The molecule has 0 aromatic heterocycles. The second-order valence-electron chi connectivity index (χ2n) is 3.01. The molecule has 0 aliphatic heterocycles. The first-order chi connectivity index (χ1) is 7.70. The Labute approximate surface area is 94.7 Å². The molecule has 6 nitrogen and oxygen atoms in total. The summed E-state index contributed by atoms with van der Waals surface area (Å²) in [6.07, 6.45) is 1.86. The Balaban J connectivity index is 3.34. The quantitative estimate of drug-likeness (QED) is 0.304. The average molecular weight is 234 g/mol. The topological polar surface area (TPSA) is 71.1 Å². The van der Waals surface area contributed by atoms with E-state index in [1.165, 1.54) is 0 Å². The molecule has 0 atom stereocenters. The van der Waals surface area contributed by atoms with Gasteiger partial charge in [0.2, 0.25) is 0 Å². The zero-order valence-corrected chi connectivity index (χ0v) is 9.69. The lowest BCUT2D eigenvalue weighted by molar-refractivity contribution is -0.217. The van der Waals surface area contributed by atoms with Gasteiger partial charge in [0.05, 0.1) is 13.2 Å². The molecular weight excluding hydrogens is 216 g/mol. The van der Waals surface area contributed by atoms with Crippen LogP contribution in [-0.2, 0) is 19.2 Å². The second-order valence-corrected chi connectivity index (χ2v) is 3.01. The first-order valence-corrected chi connectivity index (χ1v) is 5.38. The highest BCUT2D eigenvalue weighted by atomic mass is 17.3. The maximum Gasteiger partial charge on any atom is 0.549 e. The van der Waals surface area contributed by atoms with Gasteiger partial charge in [0.15, 0.2) is 0 Å². The van der Waals surface area contributed by atoms with Gasteiger partial charge in [0.25, 0.3) is 0 Å². The van der Waals surface area contributed by atoms with Gasteiger partial charge in [-0.1, -0.05) is 26.2 Å². The molecule has 0 saturated carbocycles. The lowest BCUT2D eigenvalue weighted by Gasteiger charge is -2.03. The van der Waals surface area contributed by atoms with Crippen LogP contribution in [0.2, 0.25) is 0 Å². The molecule has 0 bridgehead atoms. The van der Waals surface area contributed by atoms with Gasteiger partial charge in [0.1, 0.15) is 0 Å². The zero-order chi connectivity index (χ0) is 12.2. The molecule has 0 saturated heterocycles. The summed E-state index contributed by atoms with van der Waals surface area (Å²) in [6.45, 7) is 4.09. The lowest BCUT2D eigenvalue weighted by atomic mass is 10.2. The summed E-state index contributed by atoms with van der Waals surface area (Å²) in [7, 11) is 0. The normalized spacial score (nSPS) is 9.38. The average Bonchev–Trinajstić information content (AvgIpc) is 2.26. The predicted molar refractivity (Wildman–Crippen MR) is 54.7 cm³/mol. The Morgan fingerprint density at radius 2 is 1.50 bits per heavy atom. The first kappa shape index (κ1) is 14.5. The highest BCUT2D eigenvalue weighted by molar-refractivity contribution is 5.63. The van der Waals surface area contributed by atoms with E-state index in [-0.39, 0.29) is 13.2 Å². The van der Waals surface area contributed by atoms with Crippen LogP contribution in [0.15, 0.2) is 0 Å². The summed E-state index contributed by atoms with van der Waals surface area (Å²) in [6, 6.07) is 0. The molecule has 0 N–H and O–H groups in total. The Morgan fingerprint density at radius 3 is 2.06 bits per heavy atom. The van der Waals surface area contributed by atoms with Crippen LogP contribution in [-0.4, -0.2) is 25.5 Å². The van der Waals surface area contributed by atoms with Crippen molar-refractivity contribution in [1.29, 1.82) is 0 Å². The van der Waals surface area contributed by atoms with Crippen molar-refractivity contribution in [3.63, 3.8) is 0 Å². The fourth-order valence-corrected chi connectivity index (χ4v) is 0.918. The SMILES string of the molecule is CCCCCCOC(=O)OOC(=O)OCC. The van der Waals surface area contributed by atoms with Crippen LogP contribution in [0.25, 0.3) is 0 Å². The number of unbranched alkanes of at least 4 members (excludes halogenated alkanes) is 3. The van der Waals surface area contributed by atoms with E-state index in [9.17, 15) is 9.59 Å². The fourth-order valence-electron chi connectivity index (χ4n) is 0.918. The standard InChI is InChI=1S/C10H18O6/c1-3-5-6-7-8-14-10(12)16-15-9(11)13-4-2/h3-8H2,1-2H3. The van der Waals surface area contributed by atoms with E-state index in [2.05, 4.69) is 26.2 Å². The molecule has 0 amide bonds. The van der Waals surface area contributed by atoms with Crippen LogP contribution >= 0.6 is 0 Å². The summed E-state index contributed by atoms with van der Waals surface area (Å²) >= 11 is 0. The number of ether oxygens (including phenoxy) is 2. The monoisotopic (exact) mass is 234 g/mol. The van der Waals surface area contributed by atoms with Gasteiger partial charge in [0, 0.05) is 0 Å². The summed E-state index contributed by atoms with van der Waals surface area (Å²) < 4.78 is 8.98. The Kier molecular flexibility index (Phi) is 9.15. The van der Waals surface area contributed by atoms with Crippen molar-refractivity contribution in [3.05, 3.63) is 0 Å². The molecule has 0 rings (SSSR count). The minimum atomic E-state index is -1.06. The molecule has 0 aliphatic carbocycles. The van der Waals surface area contributed by atoms with E-state index in [0.717, 1.165) is 25.7 Å². The van der Waals surface area contributed by atoms with Crippen molar-refractivity contribution in [2.24, 2.45) is 0 Å². The van der Waals surface area contributed by atoms with E-state index >= 15 is 0 Å². The van der Waals surface area contributed by atoms with Gasteiger partial charge in [-0.25, -0.2) is 0 Å². The molecule has 0 aromatic rings. The molecule has 0 aliphatic rings. The Morgan fingerprint density at radius 1 is 0.875 bits per heavy atom. The molecule has 0 radical (unpaired) electrons. The fraction of sp³-hybridized carbons (Fsp3) is 0.800. The number of hydrogen-bond donors (Lipinski definition) is 0. The van der Waals surface area contributed by atoms with Crippen molar-refractivity contribution in [1.82, 2.24) is 0 Å². The minimum absolute atomic E-state index is 0.147. The van der Waals surface area contributed by atoms with E-state index < -0.39 is 12.3 Å². The van der Waals surface area contributed by atoms with E-state index in [4.69, 9.17) is 0 Å². The van der Waals surface area contributed by atoms with Crippen molar-refractivity contribution < 1.29 is 28.8 Å². The number of hydrogen-bond acceptors (Lipinski definition) is 6. The molecule has 0 unspecified atom stereocenters. The highest BCUT2D eigenvalue weighted by Crippen LogP contribution is 2.00. The maximum atomic E-state index is 10.8. The molecule has 94 valence electrons. The summed E-state index contributed by atoms with van der Waals surface area (Å²) in [4.78, 5) is 29.4. The molecule has 6 heteroatoms. The molecule has 0 aromatic carbocycles. The van der Waals surface area contributed by atoms with Gasteiger partial charge < -0.3 is 9.47 Å². The van der Waals surface area contributed by atoms with Crippen molar-refractivity contribution in [3.8, 4) is 0 Å². The van der Waals surface area contributed by atoms with Crippen LogP contribution in [0.1, 0.15) is 39.5 Å². The molecule has 16 heavy (non-hydrogen) atoms. The van der Waals surface area contributed by atoms with Gasteiger partial charge in [-0.15, -0.1) is 0 Å². The van der Waals surface area contributed by atoms with Crippen molar-refractivity contribution in [2.75, 3.05) is 13.2 Å². The van der Waals surface area contributed by atoms with E-state index in [1.807, 2.05) is 0 Å². The Bertz CT molecular complexity index is 203. The summed E-state index contributed by atoms with van der Waals surface area (Å²) in [5.74, 6) is 0.